The average Bonchev–Trinajstić information content (AvgIpc) is 2.97. The van der Waals surface area contributed by atoms with E-state index in [1.54, 1.807) is 0 Å². The molecule has 0 bridgehead atoms. The highest BCUT2D eigenvalue weighted by molar-refractivity contribution is 7.99. The Bertz CT molecular complexity index is 872. The smallest absolute Gasteiger partial charge is 0.253 e. The molecule has 0 spiro atoms. The molecule has 1 atom stereocenters. The van der Waals surface area contributed by atoms with Crippen molar-refractivity contribution in [3.05, 3.63) is 52.1 Å². The Hall–Kier alpha value is -2.61. The van der Waals surface area contributed by atoms with Crippen LogP contribution in [-0.2, 0) is 0 Å². The number of aryl methyl sites for hydroxylation is 1. The molecular formula is C15H15N5O2S. The van der Waals surface area contributed by atoms with Gasteiger partial charge in [-0.15, -0.1) is 10.2 Å². The van der Waals surface area contributed by atoms with E-state index in [-0.39, 0.29) is 16.6 Å². The molecular weight excluding hydrogens is 314 g/mol. The van der Waals surface area contributed by atoms with E-state index in [0.717, 1.165) is 11.1 Å². The molecule has 0 saturated heterocycles. The van der Waals surface area contributed by atoms with Crippen LogP contribution in [0.1, 0.15) is 23.6 Å². The molecule has 0 aliphatic carbocycles. The highest BCUT2D eigenvalue weighted by Gasteiger charge is 2.17. The molecule has 0 radical (unpaired) electrons. The number of thioether (sulfide) groups is 1. The third-order valence-electron chi connectivity index (χ3n) is 3.12. The van der Waals surface area contributed by atoms with Crippen molar-refractivity contribution in [2.45, 2.75) is 24.3 Å². The number of anilines is 1. The molecule has 0 amide bonds. The van der Waals surface area contributed by atoms with Crippen LogP contribution in [0.3, 0.4) is 0 Å². The predicted molar refractivity (Wildman–Crippen MR) is 88.0 cm³/mol. The SMILES string of the molecule is Cc1ccc(-c2nnc([C@@H](C)Sc3nc(N)cc(=O)[nH]3)o2)cc1. The average molecular weight is 329 g/mol. The summed E-state index contributed by atoms with van der Waals surface area (Å²) in [5, 5.41) is 8.37. The largest absolute Gasteiger partial charge is 0.419 e. The van der Waals surface area contributed by atoms with Crippen molar-refractivity contribution < 1.29 is 4.42 Å². The molecule has 2 heterocycles. The summed E-state index contributed by atoms with van der Waals surface area (Å²) in [4.78, 5) is 18.1. The molecule has 0 aliphatic rings. The summed E-state index contributed by atoms with van der Waals surface area (Å²) in [5.41, 5.74) is 7.30. The van der Waals surface area contributed by atoms with Gasteiger partial charge in [0.05, 0.1) is 5.25 Å². The summed E-state index contributed by atoms with van der Waals surface area (Å²) in [6.07, 6.45) is 0. The molecule has 0 fully saturated rings. The van der Waals surface area contributed by atoms with Crippen LogP contribution < -0.4 is 11.3 Å². The van der Waals surface area contributed by atoms with E-state index in [9.17, 15) is 4.79 Å². The number of nitrogens with zero attached hydrogens (tertiary/aromatic N) is 3. The number of aromatic nitrogens is 4. The summed E-state index contributed by atoms with van der Waals surface area (Å²) in [7, 11) is 0. The fourth-order valence-electron chi connectivity index (χ4n) is 1.94. The normalized spacial score (nSPS) is 12.3. The maximum Gasteiger partial charge on any atom is 0.253 e. The van der Waals surface area contributed by atoms with E-state index >= 15 is 0 Å². The number of benzene rings is 1. The minimum absolute atomic E-state index is 0.174. The lowest BCUT2D eigenvalue weighted by Crippen LogP contribution is -2.09. The number of aromatic amines is 1. The minimum atomic E-state index is -0.293. The zero-order valence-electron chi connectivity index (χ0n) is 12.6. The van der Waals surface area contributed by atoms with E-state index < -0.39 is 0 Å². The minimum Gasteiger partial charge on any atom is -0.419 e. The Morgan fingerprint density at radius 1 is 1.26 bits per heavy atom. The van der Waals surface area contributed by atoms with Gasteiger partial charge in [-0.3, -0.25) is 4.79 Å². The van der Waals surface area contributed by atoms with Crippen LogP contribution >= 0.6 is 11.8 Å². The standard InChI is InChI=1S/C15H15N5O2S/c1-8-3-5-10(6-4-8)14-20-19-13(22-14)9(2)23-15-17-11(16)7-12(21)18-15/h3-7,9H,1-2H3,(H3,16,17,18,21)/t9-/m1/s1. The van der Waals surface area contributed by atoms with Crippen molar-refractivity contribution in [3.8, 4) is 11.5 Å². The van der Waals surface area contributed by atoms with Crippen molar-refractivity contribution >= 4 is 17.6 Å². The Balaban J connectivity index is 1.79. The second kappa shape index (κ2) is 6.25. The lowest BCUT2D eigenvalue weighted by atomic mass is 10.1. The molecule has 118 valence electrons. The first-order chi connectivity index (χ1) is 11.0. The molecule has 0 unspecified atom stereocenters. The van der Waals surface area contributed by atoms with Crippen molar-refractivity contribution in [1.82, 2.24) is 20.2 Å². The van der Waals surface area contributed by atoms with E-state index in [1.807, 2.05) is 38.1 Å². The molecule has 3 rings (SSSR count). The van der Waals surface area contributed by atoms with Crippen molar-refractivity contribution in [1.29, 1.82) is 0 Å². The summed E-state index contributed by atoms with van der Waals surface area (Å²) < 4.78 is 5.71. The van der Waals surface area contributed by atoms with Crippen LogP contribution in [0.15, 0.2) is 44.7 Å². The fourth-order valence-corrected chi connectivity index (χ4v) is 2.79. The highest BCUT2D eigenvalue weighted by atomic mass is 32.2. The van der Waals surface area contributed by atoms with Crippen LogP contribution in [0.25, 0.3) is 11.5 Å². The number of hydrogen-bond donors (Lipinski definition) is 2. The molecule has 1 aromatic carbocycles. The zero-order chi connectivity index (χ0) is 16.4. The first-order valence-corrected chi connectivity index (χ1v) is 7.83. The van der Waals surface area contributed by atoms with Crippen LogP contribution in [-0.4, -0.2) is 20.2 Å². The van der Waals surface area contributed by atoms with Gasteiger partial charge in [0.15, 0.2) is 5.16 Å². The lowest BCUT2D eigenvalue weighted by Gasteiger charge is -2.05. The van der Waals surface area contributed by atoms with Gasteiger partial charge >= 0.3 is 0 Å². The Labute approximate surface area is 136 Å². The molecule has 0 saturated carbocycles. The maximum absolute atomic E-state index is 11.4. The zero-order valence-corrected chi connectivity index (χ0v) is 13.4. The Morgan fingerprint density at radius 3 is 2.70 bits per heavy atom. The number of nitrogen functional groups attached to an aromatic ring is 1. The van der Waals surface area contributed by atoms with Crippen LogP contribution in [0, 0.1) is 6.92 Å². The van der Waals surface area contributed by atoms with Crippen LogP contribution in [0.5, 0.6) is 0 Å². The second-order valence-corrected chi connectivity index (χ2v) is 6.38. The number of nitrogens with one attached hydrogen (secondary N) is 1. The van der Waals surface area contributed by atoms with Crippen molar-refractivity contribution in [3.63, 3.8) is 0 Å². The fraction of sp³-hybridized carbons (Fsp3) is 0.200. The number of rotatable bonds is 4. The summed E-state index contributed by atoms with van der Waals surface area (Å²) in [6, 6.07) is 9.07. The van der Waals surface area contributed by atoms with Crippen LogP contribution in [0.4, 0.5) is 5.82 Å². The van der Waals surface area contributed by atoms with Gasteiger partial charge < -0.3 is 15.1 Å². The molecule has 7 nitrogen and oxygen atoms in total. The second-order valence-electron chi connectivity index (χ2n) is 5.05. The van der Waals surface area contributed by atoms with Gasteiger partial charge in [-0.25, -0.2) is 4.98 Å². The third-order valence-corrected chi connectivity index (χ3v) is 4.09. The molecule has 0 aliphatic heterocycles. The van der Waals surface area contributed by atoms with E-state index in [4.69, 9.17) is 10.2 Å². The van der Waals surface area contributed by atoms with Gasteiger partial charge in [0.2, 0.25) is 11.8 Å². The van der Waals surface area contributed by atoms with Gasteiger partial charge in [-0.1, -0.05) is 29.5 Å². The van der Waals surface area contributed by atoms with Gasteiger partial charge in [-0.05, 0) is 26.0 Å². The molecule has 2 aromatic heterocycles. The number of H-pyrrole nitrogens is 1. The van der Waals surface area contributed by atoms with E-state index in [2.05, 4.69) is 20.2 Å². The Kier molecular flexibility index (Phi) is 4.16. The van der Waals surface area contributed by atoms with E-state index in [1.165, 1.54) is 17.8 Å². The number of nitrogens with two attached hydrogens (primary N) is 1. The topological polar surface area (TPSA) is 111 Å². The quantitative estimate of drug-likeness (QED) is 0.559. The highest BCUT2D eigenvalue weighted by Crippen LogP contribution is 2.33. The molecule has 3 N–H and O–H groups in total. The molecule has 8 heteroatoms. The van der Waals surface area contributed by atoms with Crippen LogP contribution in [0.2, 0.25) is 0 Å². The molecule has 23 heavy (non-hydrogen) atoms. The third kappa shape index (κ3) is 3.59. The van der Waals surface area contributed by atoms with Crippen molar-refractivity contribution in [2.24, 2.45) is 0 Å². The Morgan fingerprint density at radius 2 is 2.00 bits per heavy atom. The number of hydrogen-bond acceptors (Lipinski definition) is 7. The first kappa shape index (κ1) is 15.3. The summed E-state index contributed by atoms with van der Waals surface area (Å²) in [5.74, 6) is 1.09. The van der Waals surface area contributed by atoms with Crippen molar-refractivity contribution in [2.75, 3.05) is 5.73 Å². The molecule has 3 aromatic rings. The monoisotopic (exact) mass is 329 g/mol. The maximum atomic E-state index is 11.4. The summed E-state index contributed by atoms with van der Waals surface area (Å²) in [6.45, 7) is 3.90. The van der Waals surface area contributed by atoms with Gasteiger partial charge in [0.25, 0.3) is 5.56 Å². The van der Waals surface area contributed by atoms with Gasteiger partial charge in [-0.2, -0.15) is 0 Å². The first-order valence-electron chi connectivity index (χ1n) is 6.95. The lowest BCUT2D eigenvalue weighted by molar-refractivity contribution is 0.509. The van der Waals surface area contributed by atoms with E-state index in [0.29, 0.717) is 16.9 Å². The van der Waals surface area contributed by atoms with Gasteiger partial charge in [0.1, 0.15) is 5.82 Å². The van der Waals surface area contributed by atoms with Gasteiger partial charge in [0, 0.05) is 11.6 Å². The predicted octanol–water partition coefficient (Wildman–Crippen LogP) is 2.56. The summed E-state index contributed by atoms with van der Waals surface area (Å²) >= 11 is 1.29.